The molecule has 0 aromatic rings. The van der Waals surface area contributed by atoms with Crippen LogP contribution in [0.15, 0.2) is 47.9 Å². The molecular weight excluding hydrogens is 178 g/mol. The second kappa shape index (κ2) is 3.54. The Morgan fingerprint density at radius 1 is 1.43 bits per heavy atom. The van der Waals surface area contributed by atoms with E-state index in [-0.39, 0.29) is 5.97 Å². The summed E-state index contributed by atoms with van der Waals surface area (Å²) in [6.45, 7) is 0.802. The summed E-state index contributed by atoms with van der Waals surface area (Å²) in [5.41, 5.74) is 1.52. The standard InChI is InChI=1S/C11H11NO2/c1-14-11(13)9-5-4-8-12-7-3-2-6-10(9)12/h2-7H,8H2,1H3. The van der Waals surface area contributed by atoms with Crippen molar-refractivity contribution in [1.82, 2.24) is 4.90 Å². The van der Waals surface area contributed by atoms with Crippen LogP contribution in [0.4, 0.5) is 0 Å². The van der Waals surface area contributed by atoms with Gasteiger partial charge in [0.05, 0.1) is 18.4 Å². The molecule has 0 aliphatic carbocycles. The van der Waals surface area contributed by atoms with Crippen molar-refractivity contribution in [3.63, 3.8) is 0 Å². The zero-order valence-corrected chi connectivity index (χ0v) is 7.93. The van der Waals surface area contributed by atoms with Crippen molar-refractivity contribution >= 4 is 5.97 Å². The molecule has 3 heteroatoms. The lowest BCUT2D eigenvalue weighted by atomic mass is 10.1. The average Bonchev–Trinajstić information content (AvgIpc) is 2.27. The van der Waals surface area contributed by atoms with Crippen molar-refractivity contribution in [2.45, 2.75) is 0 Å². The number of nitrogens with zero attached hydrogens (tertiary/aromatic N) is 1. The Morgan fingerprint density at radius 2 is 2.29 bits per heavy atom. The summed E-state index contributed by atoms with van der Waals surface area (Å²) in [6.07, 6.45) is 11.5. The first-order valence-electron chi connectivity index (χ1n) is 4.43. The number of fused-ring (bicyclic) bond motifs is 1. The third kappa shape index (κ3) is 1.37. The van der Waals surface area contributed by atoms with E-state index in [9.17, 15) is 4.79 Å². The van der Waals surface area contributed by atoms with Crippen LogP contribution in [-0.2, 0) is 9.53 Å². The average molecular weight is 189 g/mol. The summed E-state index contributed by atoms with van der Waals surface area (Å²) in [6, 6.07) is 0. The second-order valence-electron chi connectivity index (χ2n) is 3.05. The minimum absolute atomic E-state index is 0.291. The molecule has 0 radical (unpaired) electrons. The van der Waals surface area contributed by atoms with Gasteiger partial charge in [-0.1, -0.05) is 12.2 Å². The lowest BCUT2D eigenvalue weighted by Gasteiger charge is -2.26. The van der Waals surface area contributed by atoms with Crippen molar-refractivity contribution in [2.75, 3.05) is 13.7 Å². The van der Waals surface area contributed by atoms with E-state index in [1.54, 1.807) is 6.08 Å². The van der Waals surface area contributed by atoms with Gasteiger partial charge >= 0.3 is 5.97 Å². The zero-order valence-electron chi connectivity index (χ0n) is 7.93. The van der Waals surface area contributed by atoms with Crippen LogP contribution in [0.3, 0.4) is 0 Å². The zero-order chi connectivity index (χ0) is 9.97. The Hall–Kier alpha value is -1.77. The highest BCUT2D eigenvalue weighted by Gasteiger charge is 2.19. The summed E-state index contributed by atoms with van der Waals surface area (Å²) in [4.78, 5) is 13.4. The van der Waals surface area contributed by atoms with Crippen LogP contribution in [0.25, 0.3) is 0 Å². The molecule has 3 nitrogen and oxygen atoms in total. The Bertz CT molecular complexity index is 375. The number of allylic oxidation sites excluding steroid dienone is 3. The molecule has 0 bridgehead atoms. The van der Waals surface area contributed by atoms with E-state index < -0.39 is 0 Å². The van der Waals surface area contributed by atoms with Crippen LogP contribution in [0.2, 0.25) is 0 Å². The fourth-order valence-corrected chi connectivity index (χ4v) is 1.53. The monoisotopic (exact) mass is 189 g/mol. The molecule has 0 spiro atoms. The van der Waals surface area contributed by atoms with E-state index in [1.807, 2.05) is 35.4 Å². The molecule has 0 unspecified atom stereocenters. The van der Waals surface area contributed by atoms with E-state index in [0.717, 1.165) is 12.2 Å². The smallest absolute Gasteiger partial charge is 0.339 e. The van der Waals surface area contributed by atoms with E-state index in [1.165, 1.54) is 7.11 Å². The number of methoxy groups -OCH3 is 1. The molecule has 0 atom stereocenters. The fourth-order valence-electron chi connectivity index (χ4n) is 1.53. The lowest BCUT2D eigenvalue weighted by molar-refractivity contribution is -0.135. The number of carbonyl (C=O) groups is 1. The van der Waals surface area contributed by atoms with Gasteiger partial charge in [0.2, 0.25) is 0 Å². The number of ether oxygens (including phenoxy) is 1. The van der Waals surface area contributed by atoms with Gasteiger partial charge in [-0.3, -0.25) is 0 Å². The van der Waals surface area contributed by atoms with Crippen LogP contribution in [0.1, 0.15) is 0 Å². The summed E-state index contributed by atoms with van der Waals surface area (Å²) in [7, 11) is 1.39. The molecule has 0 aromatic heterocycles. The highest BCUT2D eigenvalue weighted by atomic mass is 16.5. The Labute approximate surface area is 82.7 Å². The van der Waals surface area contributed by atoms with E-state index in [4.69, 9.17) is 4.74 Å². The van der Waals surface area contributed by atoms with Crippen LogP contribution in [-0.4, -0.2) is 24.5 Å². The van der Waals surface area contributed by atoms with Crippen molar-refractivity contribution < 1.29 is 9.53 Å². The van der Waals surface area contributed by atoms with Gasteiger partial charge in [0.25, 0.3) is 0 Å². The van der Waals surface area contributed by atoms with Crippen molar-refractivity contribution in [1.29, 1.82) is 0 Å². The maximum atomic E-state index is 11.4. The summed E-state index contributed by atoms with van der Waals surface area (Å²) >= 11 is 0. The first-order chi connectivity index (χ1) is 6.83. The second-order valence-corrected chi connectivity index (χ2v) is 3.05. The third-order valence-corrected chi connectivity index (χ3v) is 2.21. The van der Waals surface area contributed by atoms with Gasteiger partial charge in [-0.05, 0) is 18.2 Å². The number of esters is 1. The molecule has 2 aliphatic rings. The van der Waals surface area contributed by atoms with Gasteiger partial charge in [0, 0.05) is 12.7 Å². The predicted octanol–water partition coefficient (Wildman–Crippen LogP) is 1.37. The lowest BCUT2D eigenvalue weighted by Crippen LogP contribution is -2.24. The molecule has 14 heavy (non-hydrogen) atoms. The molecule has 0 aromatic carbocycles. The van der Waals surface area contributed by atoms with Crippen molar-refractivity contribution in [3.8, 4) is 0 Å². The number of hydrogen-bond donors (Lipinski definition) is 0. The maximum absolute atomic E-state index is 11.4. The summed E-state index contributed by atoms with van der Waals surface area (Å²) < 4.78 is 4.71. The van der Waals surface area contributed by atoms with Crippen LogP contribution < -0.4 is 0 Å². The summed E-state index contributed by atoms with van der Waals surface area (Å²) in [5.74, 6) is -0.291. The minimum Gasteiger partial charge on any atom is -0.465 e. The van der Waals surface area contributed by atoms with Gasteiger partial charge in [-0.25, -0.2) is 4.79 Å². The van der Waals surface area contributed by atoms with Gasteiger partial charge in [0.1, 0.15) is 0 Å². The number of hydrogen-bond acceptors (Lipinski definition) is 3. The van der Waals surface area contributed by atoms with E-state index in [2.05, 4.69) is 0 Å². The quantitative estimate of drug-likeness (QED) is 0.583. The maximum Gasteiger partial charge on any atom is 0.339 e. The van der Waals surface area contributed by atoms with Gasteiger partial charge in [-0.2, -0.15) is 0 Å². The molecule has 2 aliphatic heterocycles. The fraction of sp³-hybridized carbons (Fsp3) is 0.182. The molecule has 0 saturated carbocycles. The van der Waals surface area contributed by atoms with Crippen LogP contribution >= 0.6 is 0 Å². The Kier molecular flexibility index (Phi) is 2.23. The van der Waals surface area contributed by atoms with Crippen molar-refractivity contribution in [2.24, 2.45) is 0 Å². The SMILES string of the molecule is COC(=O)C1=C2C=CC=CN2CC=C1. The third-order valence-electron chi connectivity index (χ3n) is 2.21. The van der Waals surface area contributed by atoms with Crippen LogP contribution in [0, 0.1) is 0 Å². The van der Waals surface area contributed by atoms with Gasteiger partial charge < -0.3 is 9.64 Å². The highest BCUT2D eigenvalue weighted by molar-refractivity contribution is 5.93. The van der Waals surface area contributed by atoms with Gasteiger partial charge in [-0.15, -0.1) is 0 Å². The molecular formula is C11H11NO2. The molecule has 2 heterocycles. The Balaban J connectivity index is 2.41. The molecule has 0 amide bonds. The van der Waals surface area contributed by atoms with Crippen LogP contribution in [0.5, 0.6) is 0 Å². The largest absolute Gasteiger partial charge is 0.465 e. The molecule has 0 N–H and O–H groups in total. The van der Waals surface area contributed by atoms with E-state index in [0.29, 0.717) is 5.57 Å². The molecule has 0 saturated heterocycles. The topological polar surface area (TPSA) is 29.5 Å². The Morgan fingerprint density at radius 3 is 3.07 bits per heavy atom. The van der Waals surface area contributed by atoms with Crippen molar-refractivity contribution in [3.05, 3.63) is 47.9 Å². The van der Waals surface area contributed by atoms with E-state index >= 15 is 0 Å². The first-order valence-corrected chi connectivity index (χ1v) is 4.43. The molecule has 72 valence electrons. The highest BCUT2D eigenvalue weighted by Crippen LogP contribution is 2.22. The predicted molar refractivity (Wildman–Crippen MR) is 53.2 cm³/mol. The number of carbonyl (C=O) groups excluding carboxylic acids is 1. The van der Waals surface area contributed by atoms with Gasteiger partial charge in [0.15, 0.2) is 0 Å². The first kappa shape index (κ1) is 8.81. The summed E-state index contributed by atoms with van der Waals surface area (Å²) in [5, 5.41) is 0. The normalized spacial score (nSPS) is 18.5. The number of rotatable bonds is 1. The molecule has 0 fully saturated rings. The molecule has 2 rings (SSSR count). The minimum atomic E-state index is -0.291.